The van der Waals surface area contributed by atoms with Crippen molar-refractivity contribution in [1.29, 1.82) is 0 Å². The molecule has 0 spiro atoms. The molecule has 102 valence electrons. The highest BCUT2D eigenvalue weighted by atomic mass is 79.9. The molecule has 2 aromatic heterocycles. The Morgan fingerprint density at radius 3 is 2.90 bits per heavy atom. The van der Waals surface area contributed by atoms with Gasteiger partial charge in [0.25, 0.3) is 0 Å². The van der Waals surface area contributed by atoms with Crippen LogP contribution in [0.4, 0.5) is 0 Å². The van der Waals surface area contributed by atoms with Crippen molar-refractivity contribution in [3.63, 3.8) is 0 Å². The van der Waals surface area contributed by atoms with E-state index in [1.165, 1.54) is 5.39 Å². The van der Waals surface area contributed by atoms with Gasteiger partial charge in [-0.25, -0.2) is 0 Å². The van der Waals surface area contributed by atoms with Gasteiger partial charge in [0.2, 0.25) is 0 Å². The summed E-state index contributed by atoms with van der Waals surface area (Å²) in [4.78, 5) is 4.20. The third kappa shape index (κ3) is 2.59. The molecule has 3 aromatic rings. The van der Waals surface area contributed by atoms with Gasteiger partial charge < -0.3 is 5.32 Å². The van der Waals surface area contributed by atoms with Crippen molar-refractivity contribution in [1.82, 2.24) is 20.1 Å². The number of hydrogen-bond acceptors (Lipinski definition) is 3. The van der Waals surface area contributed by atoms with Crippen LogP contribution < -0.4 is 5.32 Å². The van der Waals surface area contributed by atoms with Crippen LogP contribution in [0.3, 0.4) is 0 Å². The van der Waals surface area contributed by atoms with E-state index >= 15 is 0 Å². The molecule has 5 heteroatoms. The van der Waals surface area contributed by atoms with Gasteiger partial charge in [0.05, 0.1) is 17.8 Å². The average Bonchev–Trinajstić information content (AvgIpc) is 2.78. The van der Waals surface area contributed by atoms with E-state index in [4.69, 9.17) is 5.10 Å². The Morgan fingerprint density at radius 2 is 2.10 bits per heavy atom. The molecule has 0 saturated heterocycles. The molecule has 3 rings (SSSR count). The zero-order valence-electron chi connectivity index (χ0n) is 11.2. The van der Waals surface area contributed by atoms with E-state index in [1.54, 1.807) is 6.20 Å². The fourth-order valence-electron chi connectivity index (χ4n) is 2.33. The van der Waals surface area contributed by atoms with Crippen LogP contribution in [-0.2, 0) is 13.1 Å². The van der Waals surface area contributed by atoms with E-state index in [9.17, 15) is 0 Å². The van der Waals surface area contributed by atoms with E-state index in [0.29, 0.717) is 0 Å². The summed E-state index contributed by atoms with van der Waals surface area (Å²) >= 11 is 3.45. The van der Waals surface area contributed by atoms with Crippen LogP contribution in [-0.4, -0.2) is 21.8 Å². The van der Waals surface area contributed by atoms with E-state index in [1.807, 2.05) is 30.1 Å². The van der Waals surface area contributed by atoms with E-state index < -0.39 is 0 Å². The number of rotatable bonds is 4. The molecule has 4 nitrogen and oxygen atoms in total. The van der Waals surface area contributed by atoms with Gasteiger partial charge in [-0.15, -0.1) is 0 Å². The smallest absolute Gasteiger partial charge is 0.0841 e. The molecule has 2 heterocycles. The number of fused-ring (bicyclic) bond motifs is 1. The van der Waals surface area contributed by atoms with E-state index in [2.05, 4.69) is 44.4 Å². The van der Waals surface area contributed by atoms with Crippen LogP contribution in [0.25, 0.3) is 10.9 Å². The van der Waals surface area contributed by atoms with Crippen molar-refractivity contribution in [2.45, 2.75) is 13.1 Å². The molecule has 20 heavy (non-hydrogen) atoms. The Morgan fingerprint density at radius 1 is 1.25 bits per heavy atom. The SMILES string of the molecule is CNCc1nn(Cc2cncc(Br)c2)c2ccccc12. The quantitative estimate of drug-likeness (QED) is 0.799. The van der Waals surface area contributed by atoms with Gasteiger partial charge >= 0.3 is 0 Å². The lowest BCUT2D eigenvalue weighted by atomic mass is 10.2. The third-order valence-corrected chi connectivity index (χ3v) is 3.61. The van der Waals surface area contributed by atoms with E-state index in [0.717, 1.165) is 34.3 Å². The first-order valence-electron chi connectivity index (χ1n) is 6.46. The normalized spacial score (nSPS) is 11.1. The van der Waals surface area contributed by atoms with Crippen LogP contribution >= 0.6 is 15.9 Å². The molecule has 0 amide bonds. The van der Waals surface area contributed by atoms with Gasteiger partial charge in [-0.3, -0.25) is 9.67 Å². The van der Waals surface area contributed by atoms with Crippen molar-refractivity contribution in [2.75, 3.05) is 7.05 Å². The number of para-hydroxylation sites is 1. The number of pyridine rings is 1. The summed E-state index contributed by atoms with van der Waals surface area (Å²) in [5, 5.41) is 9.08. The molecular weight excluding hydrogens is 316 g/mol. The predicted molar refractivity (Wildman–Crippen MR) is 83.5 cm³/mol. The van der Waals surface area contributed by atoms with Crippen LogP contribution in [0.5, 0.6) is 0 Å². The second-order valence-corrected chi connectivity index (χ2v) is 5.58. The molecule has 0 atom stereocenters. The first-order valence-corrected chi connectivity index (χ1v) is 7.25. The molecular formula is C15H15BrN4. The lowest BCUT2D eigenvalue weighted by Crippen LogP contribution is -2.07. The maximum absolute atomic E-state index is 4.72. The Labute approximate surface area is 126 Å². The summed E-state index contributed by atoms with van der Waals surface area (Å²) in [6, 6.07) is 10.4. The number of hydrogen-bond donors (Lipinski definition) is 1. The largest absolute Gasteiger partial charge is 0.314 e. The zero-order chi connectivity index (χ0) is 13.9. The molecule has 0 radical (unpaired) electrons. The van der Waals surface area contributed by atoms with E-state index in [-0.39, 0.29) is 0 Å². The highest BCUT2D eigenvalue weighted by Crippen LogP contribution is 2.20. The van der Waals surface area contributed by atoms with Crippen LogP contribution in [0.15, 0.2) is 47.2 Å². The Bertz CT molecular complexity index is 736. The number of aromatic nitrogens is 3. The highest BCUT2D eigenvalue weighted by Gasteiger charge is 2.09. The molecule has 0 bridgehead atoms. The number of nitrogens with one attached hydrogen (secondary N) is 1. The topological polar surface area (TPSA) is 42.7 Å². The van der Waals surface area contributed by atoms with Crippen molar-refractivity contribution < 1.29 is 0 Å². The maximum Gasteiger partial charge on any atom is 0.0841 e. The lowest BCUT2D eigenvalue weighted by Gasteiger charge is -2.03. The number of benzene rings is 1. The van der Waals surface area contributed by atoms with Gasteiger partial charge in [0, 0.05) is 28.8 Å². The summed E-state index contributed by atoms with van der Waals surface area (Å²) < 4.78 is 3.02. The fourth-order valence-corrected chi connectivity index (χ4v) is 2.74. The minimum Gasteiger partial charge on any atom is -0.314 e. The molecule has 0 aliphatic rings. The first-order chi connectivity index (χ1) is 9.78. The predicted octanol–water partition coefficient (Wildman–Crippen LogP) is 2.96. The van der Waals surface area contributed by atoms with Gasteiger partial charge in [-0.1, -0.05) is 18.2 Å². The lowest BCUT2D eigenvalue weighted by molar-refractivity contribution is 0.675. The Kier molecular flexibility index (Phi) is 3.80. The molecule has 0 saturated carbocycles. The van der Waals surface area contributed by atoms with Gasteiger partial charge in [-0.05, 0) is 40.7 Å². The van der Waals surface area contributed by atoms with Gasteiger partial charge in [-0.2, -0.15) is 5.10 Å². The monoisotopic (exact) mass is 330 g/mol. The summed E-state index contributed by atoms with van der Waals surface area (Å²) in [7, 11) is 1.94. The van der Waals surface area contributed by atoms with Gasteiger partial charge in [0.15, 0.2) is 0 Å². The Hall–Kier alpha value is -1.72. The van der Waals surface area contributed by atoms with Crippen LogP contribution in [0, 0.1) is 0 Å². The molecule has 1 N–H and O–H groups in total. The molecule has 1 aromatic carbocycles. The maximum atomic E-state index is 4.72. The number of halogens is 1. The molecule has 0 aliphatic carbocycles. The van der Waals surface area contributed by atoms with Crippen molar-refractivity contribution >= 4 is 26.8 Å². The van der Waals surface area contributed by atoms with Crippen LogP contribution in [0.2, 0.25) is 0 Å². The minimum atomic E-state index is 0.719. The minimum absolute atomic E-state index is 0.719. The second kappa shape index (κ2) is 5.73. The standard InChI is InChI=1S/C15H15BrN4/c1-17-9-14-13-4-2-3-5-15(13)20(19-14)10-11-6-12(16)8-18-7-11/h2-8,17H,9-10H2,1H3. The summed E-state index contributed by atoms with van der Waals surface area (Å²) in [6.45, 7) is 1.49. The van der Waals surface area contributed by atoms with Crippen molar-refractivity contribution in [2.24, 2.45) is 0 Å². The van der Waals surface area contributed by atoms with Gasteiger partial charge in [0.1, 0.15) is 0 Å². The van der Waals surface area contributed by atoms with Crippen molar-refractivity contribution in [3.8, 4) is 0 Å². The molecule has 0 aliphatic heterocycles. The average molecular weight is 331 g/mol. The van der Waals surface area contributed by atoms with Crippen LogP contribution in [0.1, 0.15) is 11.3 Å². The number of nitrogens with zero attached hydrogens (tertiary/aromatic N) is 3. The summed E-state index contributed by atoms with van der Waals surface area (Å²) in [5.41, 5.74) is 3.35. The first kappa shape index (κ1) is 13.3. The summed E-state index contributed by atoms with van der Waals surface area (Å²) in [5.74, 6) is 0. The second-order valence-electron chi connectivity index (χ2n) is 4.66. The highest BCUT2D eigenvalue weighted by molar-refractivity contribution is 9.10. The Balaban J connectivity index is 2.03. The summed E-state index contributed by atoms with van der Waals surface area (Å²) in [6.07, 6.45) is 3.66. The third-order valence-electron chi connectivity index (χ3n) is 3.17. The van der Waals surface area contributed by atoms with Crippen molar-refractivity contribution in [3.05, 3.63) is 58.5 Å². The zero-order valence-corrected chi connectivity index (χ0v) is 12.8. The molecule has 0 unspecified atom stereocenters. The molecule has 0 fully saturated rings. The fraction of sp³-hybridized carbons (Fsp3) is 0.200.